The summed E-state index contributed by atoms with van der Waals surface area (Å²) in [6.07, 6.45) is 58.7. The fourth-order valence-electron chi connectivity index (χ4n) is 8.41. The minimum atomic E-state index is -5.34. The van der Waals surface area contributed by atoms with Gasteiger partial charge in [-0.3, -0.25) is 0 Å². The molecule has 0 aliphatic rings. The van der Waals surface area contributed by atoms with Gasteiger partial charge in [0.15, 0.2) is 0 Å². The van der Waals surface area contributed by atoms with Crippen molar-refractivity contribution < 1.29 is 47.7 Å². The standard InChI is InChI=1S/C48H100N.2CH2F3NO2S/c1-5-9-13-17-21-25-29-33-37-41-45-49(46-42-38-34-30-26-22-18-14-10-6-2,47-43-39-35-31-27-23-19-15-11-7-3)48-44-40-36-32-28-24-20-16-12-8-4;2*2-1(3,4)8(5,6)7/h5-48H2,1-4H3;2*(H2,5,6,7)/q+1;;. The van der Waals surface area contributed by atoms with Gasteiger partial charge >= 0.3 is 31.1 Å². The van der Waals surface area contributed by atoms with E-state index in [1.165, 1.54) is 287 Å². The Morgan fingerprint density at radius 3 is 0.492 bits per heavy atom. The van der Waals surface area contributed by atoms with Crippen molar-refractivity contribution in [2.45, 2.75) is 296 Å². The average molecular weight is 990 g/mol. The van der Waals surface area contributed by atoms with E-state index < -0.39 is 31.1 Å². The quantitative estimate of drug-likeness (QED) is 0.0359. The normalized spacial score (nSPS) is 12.5. The zero-order valence-corrected chi connectivity index (χ0v) is 44.1. The molecule has 0 radical (unpaired) electrons. The average Bonchev–Trinajstić information content (AvgIpc) is 3.22. The number of nitrogens with zero attached hydrogens (tertiary/aromatic N) is 1. The number of primary sulfonamides is 2. The second-order valence-corrected chi connectivity index (χ2v) is 22.1. The topological polar surface area (TPSA) is 120 Å². The van der Waals surface area contributed by atoms with E-state index in [9.17, 15) is 43.2 Å². The number of sulfonamides is 2. The minimum absolute atomic E-state index is 1.37. The molecule has 396 valence electrons. The third kappa shape index (κ3) is 49.6. The van der Waals surface area contributed by atoms with Crippen LogP contribution in [0.1, 0.15) is 285 Å². The van der Waals surface area contributed by atoms with E-state index in [0.717, 1.165) is 0 Å². The number of hydrogen-bond donors (Lipinski definition) is 2. The van der Waals surface area contributed by atoms with Gasteiger partial charge in [0.2, 0.25) is 0 Å². The summed E-state index contributed by atoms with van der Waals surface area (Å²) in [5.74, 6) is 0. The van der Waals surface area contributed by atoms with Gasteiger partial charge in [-0.1, -0.05) is 233 Å². The van der Waals surface area contributed by atoms with Gasteiger partial charge in [-0.05, 0) is 51.4 Å². The van der Waals surface area contributed by atoms with Crippen LogP contribution in [0.15, 0.2) is 0 Å². The molecule has 0 aromatic rings. The number of alkyl halides is 6. The van der Waals surface area contributed by atoms with Crippen LogP contribution < -0.4 is 10.3 Å². The van der Waals surface area contributed by atoms with Crippen LogP contribution in [-0.2, 0) is 20.0 Å². The van der Waals surface area contributed by atoms with Crippen molar-refractivity contribution >= 4 is 20.0 Å². The highest BCUT2D eigenvalue weighted by molar-refractivity contribution is 7.90. The molecular weight excluding hydrogens is 885 g/mol. The van der Waals surface area contributed by atoms with E-state index in [4.69, 9.17) is 0 Å². The van der Waals surface area contributed by atoms with Crippen LogP contribution in [0.3, 0.4) is 0 Å². The number of quaternary nitrogens is 1. The molecule has 0 heterocycles. The van der Waals surface area contributed by atoms with Gasteiger partial charge < -0.3 is 4.48 Å². The van der Waals surface area contributed by atoms with Crippen LogP contribution >= 0.6 is 0 Å². The summed E-state index contributed by atoms with van der Waals surface area (Å²) in [6, 6.07) is 0. The van der Waals surface area contributed by atoms with Gasteiger partial charge in [0.25, 0.3) is 0 Å². The van der Waals surface area contributed by atoms with Crippen molar-refractivity contribution in [1.29, 1.82) is 0 Å². The molecule has 15 heteroatoms. The molecule has 0 rings (SSSR count). The summed E-state index contributed by atoms with van der Waals surface area (Å²) in [4.78, 5) is 0. The Morgan fingerprint density at radius 2 is 0.385 bits per heavy atom. The molecular formula is C50H104F6N3O4S2+. The molecule has 4 N–H and O–H groups in total. The van der Waals surface area contributed by atoms with Crippen molar-refractivity contribution in [1.82, 2.24) is 0 Å². The minimum Gasteiger partial charge on any atom is -0.324 e. The van der Waals surface area contributed by atoms with Gasteiger partial charge in [0.05, 0.1) is 26.2 Å². The lowest BCUT2D eigenvalue weighted by Crippen LogP contribution is -2.50. The Bertz CT molecular complexity index is 1060. The van der Waals surface area contributed by atoms with Crippen molar-refractivity contribution in [2.75, 3.05) is 26.2 Å². The van der Waals surface area contributed by atoms with Gasteiger partial charge in [0.1, 0.15) is 0 Å². The van der Waals surface area contributed by atoms with Crippen molar-refractivity contribution in [3.63, 3.8) is 0 Å². The Morgan fingerprint density at radius 1 is 0.277 bits per heavy atom. The van der Waals surface area contributed by atoms with Crippen molar-refractivity contribution in [3.05, 3.63) is 0 Å². The zero-order chi connectivity index (χ0) is 49.6. The highest BCUT2D eigenvalue weighted by atomic mass is 32.2. The second-order valence-electron chi connectivity index (χ2n) is 18.9. The van der Waals surface area contributed by atoms with Crippen LogP contribution in [0.5, 0.6) is 0 Å². The number of nitrogens with two attached hydrogens (primary N) is 2. The molecule has 0 bridgehead atoms. The Kier molecular flexibility index (Phi) is 48.3. The molecule has 0 saturated heterocycles. The molecule has 7 nitrogen and oxygen atoms in total. The molecule has 0 fully saturated rings. The maximum absolute atomic E-state index is 10.8. The molecule has 0 unspecified atom stereocenters. The first-order valence-electron chi connectivity index (χ1n) is 26.8. The molecule has 0 spiro atoms. The van der Waals surface area contributed by atoms with Gasteiger partial charge in [0, 0.05) is 0 Å². The van der Waals surface area contributed by atoms with Gasteiger partial charge in [-0.2, -0.15) is 26.3 Å². The summed E-state index contributed by atoms with van der Waals surface area (Å²) in [5, 5.41) is 7.32. The maximum Gasteiger partial charge on any atom is 0.511 e. The largest absolute Gasteiger partial charge is 0.511 e. The first kappa shape index (κ1) is 68.6. The van der Waals surface area contributed by atoms with Crippen LogP contribution in [0, 0.1) is 0 Å². The van der Waals surface area contributed by atoms with E-state index in [1.807, 2.05) is 0 Å². The molecule has 0 aliphatic heterocycles. The van der Waals surface area contributed by atoms with E-state index >= 15 is 0 Å². The van der Waals surface area contributed by atoms with Gasteiger partial charge in [-0.25, -0.2) is 27.1 Å². The zero-order valence-electron chi connectivity index (χ0n) is 42.4. The molecule has 0 amide bonds. The highest BCUT2D eigenvalue weighted by Gasteiger charge is 2.43. The molecule has 0 aromatic carbocycles. The number of unbranched alkanes of at least 4 members (excludes halogenated alkanes) is 36. The van der Waals surface area contributed by atoms with Crippen LogP contribution in [0.25, 0.3) is 0 Å². The Balaban J connectivity index is -0.00000201. The van der Waals surface area contributed by atoms with E-state index in [2.05, 4.69) is 38.0 Å². The SMILES string of the molecule is CCCCCCCCCCCC[N+](CCCCCCCCCCCC)(CCCCCCCCCCCC)CCCCCCCCCCCC.NS(=O)(=O)C(F)(F)F.NS(=O)(=O)C(F)(F)F. The lowest BCUT2D eigenvalue weighted by Gasteiger charge is -2.40. The molecule has 0 aliphatic carbocycles. The number of hydrogen-bond acceptors (Lipinski definition) is 4. The van der Waals surface area contributed by atoms with Crippen LogP contribution in [-0.4, -0.2) is 58.5 Å². The molecule has 0 atom stereocenters. The lowest BCUT2D eigenvalue weighted by molar-refractivity contribution is -0.929. The van der Waals surface area contributed by atoms with Crippen LogP contribution in [0.2, 0.25) is 0 Å². The Hall–Kier alpha value is -0.640. The highest BCUT2D eigenvalue weighted by Crippen LogP contribution is 2.23. The fraction of sp³-hybridized carbons (Fsp3) is 1.00. The van der Waals surface area contributed by atoms with E-state index in [1.54, 1.807) is 0 Å². The third-order valence-electron chi connectivity index (χ3n) is 12.6. The third-order valence-corrected chi connectivity index (χ3v) is 13.9. The van der Waals surface area contributed by atoms with Crippen LogP contribution in [0.4, 0.5) is 26.3 Å². The van der Waals surface area contributed by atoms with Gasteiger partial charge in [-0.15, -0.1) is 0 Å². The summed E-state index contributed by atoms with van der Waals surface area (Å²) in [6.45, 7) is 15.3. The van der Waals surface area contributed by atoms with Crippen molar-refractivity contribution in [3.8, 4) is 0 Å². The second kappa shape index (κ2) is 45.8. The number of halogens is 6. The number of rotatable bonds is 44. The summed E-state index contributed by atoms with van der Waals surface area (Å²) in [7, 11) is -10.7. The lowest BCUT2D eigenvalue weighted by atomic mass is 10.0. The molecule has 0 saturated carbocycles. The predicted molar refractivity (Wildman–Crippen MR) is 265 cm³/mol. The van der Waals surface area contributed by atoms with Crippen molar-refractivity contribution in [2.24, 2.45) is 10.3 Å². The van der Waals surface area contributed by atoms with E-state index in [-0.39, 0.29) is 0 Å². The first-order valence-corrected chi connectivity index (χ1v) is 29.9. The monoisotopic (exact) mass is 989 g/mol. The fourth-order valence-corrected chi connectivity index (χ4v) is 8.41. The Labute approximate surface area is 398 Å². The first-order chi connectivity index (χ1) is 30.7. The smallest absolute Gasteiger partial charge is 0.324 e. The predicted octanol–water partition coefficient (Wildman–Crippen LogP) is 17.1. The molecule has 65 heavy (non-hydrogen) atoms. The molecule has 0 aromatic heterocycles. The summed E-state index contributed by atoms with van der Waals surface area (Å²) in [5.41, 5.74) is -10.6. The maximum atomic E-state index is 10.8. The van der Waals surface area contributed by atoms with E-state index in [0.29, 0.717) is 0 Å². The summed E-state index contributed by atoms with van der Waals surface area (Å²) < 4.78 is 104. The summed E-state index contributed by atoms with van der Waals surface area (Å²) >= 11 is 0.